The molecule has 0 aromatic rings. The molecule has 0 aliphatic rings. The van der Waals surface area contributed by atoms with E-state index in [0.717, 1.165) is 0 Å². The van der Waals surface area contributed by atoms with Gasteiger partial charge >= 0.3 is 11.9 Å². The van der Waals surface area contributed by atoms with E-state index in [0.29, 0.717) is 0 Å². The standard InChI is InChI=1S/C10H16IN3O6S/c11-21-4-6(9(18)13-3-8(16)17)14-7(15)2-1-5(12)10(19)20/h5-6H,1-4,12H2,(H,13,18)(H,14,15)(H,16,17)(H,19,20). The van der Waals surface area contributed by atoms with Crippen molar-refractivity contribution in [1.82, 2.24) is 10.6 Å². The van der Waals surface area contributed by atoms with Gasteiger partial charge in [0, 0.05) is 12.2 Å². The van der Waals surface area contributed by atoms with Crippen LogP contribution < -0.4 is 16.4 Å². The number of nitrogens with one attached hydrogen (secondary N) is 2. The quantitative estimate of drug-likeness (QED) is 0.273. The highest BCUT2D eigenvalue weighted by Gasteiger charge is 2.22. The third-order valence-corrected chi connectivity index (χ3v) is 3.83. The van der Waals surface area contributed by atoms with Crippen LogP contribution in [0.25, 0.3) is 0 Å². The number of halogens is 1. The summed E-state index contributed by atoms with van der Waals surface area (Å²) in [6.45, 7) is -0.541. The second kappa shape index (κ2) is 10.6. The van der Waals surface area contributed by atoms with Crippen LogP contribution in [0.15, 0.2) is 0 Å². The minimum absolute atomic E-state index is 0.0536. The first-order valence-electron chi connectivity index (χ1n) is 5.78. The number of rotatable bonds is 10. The van der Waals surface area contributed by atoms with Crippen LogP contribution in [0, 0.1) is 0 Å². The van der Waals surface area contributed by atoms with Gasteiger partial charge in [-0.1, -0.05) is 8.93 Å². The van der Waals surface area contributed by atoms with Crippen LogP contribution in [0.2, 0.25) is 0 Å². The summed E-state index contributed by atoms with van der Waals surface area (Å²) in [4.78, 5) is 44.2. The van der Waals surface area contributed by atoms with E-state index in [1.54, 1.807) is 0 Å². The van der Waals surface area contributed by atoms with E-state index in [2.05, 4.69) is 10.6 Å². The molecule has 0 rings (SSSR count). The molecular formula is C10H16IN3O6S. The van der Waals surface area contributed by atoms with Crippen LogP contribution in [0.5, 0.6) is 0 Å². The Morgan fingerprint density at radius 2 is 1.86 bits per heavy atom. The molecule has 0 saturated carbocycles. The number of carbonyl (C=O) groups excluding carboxylic acids is 2. The summed E-state index contributed by atoms with van der Waals surface area (Å²) in [6, 6.07) is -2.03. The van der Waals surface area contributed by atoms with Crippen molar-refractivity contribution >= 4 is 53.9 Å². The van der Waals surface area contributed by atoms with Crippen molar-refractivity contribution in [2.24, 2.45) is 5.73 Å². The minimum Gasteiger partial charge on any atom is -0.480 e. The predicted molar refractivity (Wildman–Crippen MR) is 83.9 cm³/mol. The summed E-state index contributed by atoms with van der Waals surface area (Å²) in [5, 5.41) is 21.6. The molecule has 0 bridgehead atoms. The summed E-state index contributed by atoms with van der Waals surface area (Å²) >= 11 is 1.94. The van der Waals surface area contributed by atoms with Crippen molar-refractivity contribution in [2.45, 2.75) is 24.9 Å². The van der Waals surface area contributed by atoms with Gasteiger partial charge in [0.2, 0.25) is 11.8 Å². The molecule has 2 amide bonds. The Morgan fingerprint density at radius 3 is 2.33 bits per heavy atom. The summed E-state index contributed by atoms with van der Waals surface area (Å²) < 4.78 is 0. The molecule has 0 heterocycles. The average Bonchev–Trinajstić information content (AvgIpc) is 2.41. The third kappa shape index (κ3) is 9.47. The second-order valence-corrected chi connectivity index (χ2v) is 6.41. The van der Waals surface area contributed by atoms with Gasteiger partial charge in [-0.15, -0.1) is 0 Å². The van der Waals surface area contributed by atoms with Gasteiger partial charge in [-0.25, -0.2) is 0 Å². The van der Waals surface area contributed by atoms with Gasteiger partial charge in [-0.05, 0) is 27.6 Å². The highest BCUT2D eigenvalue weighted by molar-refractivity contribution is 14.2. The largest absolute Gasteiger partial charge is 0.480 e. The van der Waals surface area contributed by atoms with Crippen molar-refractivity contribution in [2.75, 3.05) is 12.3 Å². The molecule has 120 valence electrons. The molecule has 0 aliphatic carbocycles. The van der Waals surface area contributed by atoms with E-state index >= 15 is 0 Å². The van der Waals surface area contributed by atoms with Gasteiger partial charge in [-0.2, -0.15) is 0 Å². The zero-order valence-electron chi connectivity index (χ0n) is 10.9. The fourth-order valence-electron chi connectivity index (χ4n) is 1.21. The molecular weight excluding hydrogens is 417 g/mol. The van der Waals surface area contributed by atoms with Crippen LogP contribution in [0.3, 0.4) is 0 Å². The molecule has 0 aromatic heterocycles. The Balaban J connectivity index is 4.35. The predicted octanol–water partition coefficient (Wildman–Crippen LogP) is -1.05. The van der Waals surface area contributed by atoms with E-state index in [1.807, 2.05) is 21.2 Å². The number of aliphatic carboxylic acids is 2. The SMILES string of the molecule is NC(CCC(=O)NC(CSI)C(=O)NCC(=O)O)C(=O)O. The lowest BCUT2D eigenvalue weighted by atomic mass is 10.1. The Labute approximate surface area is 137 Å². The summed E-state index contributed by atoms with van der Waals surface area (Å²) in [5.41, 5.74) is 5.27. The van der Waals surface area contributed by atoms with Gasteiger partial charge in [0.25, 0.3) is 0 Å². The number of carboxylic acid groups (broad SMARTS) is 2. The highest BCUT2D eigenvalue weighted by Crippen LogP contribution is 2.12. The molecule has 6 N–H and O–H groups in total. The topological polar surface area (TPSA) is 159 Å². The molecule has 0 aliphatic heterocycles. The van der Waals surface area contributed by atoms with Gasteiger partial charge in [0.15, 0.2) is 0 Å². The number of amides is 2. The van der Waals surface area contributed by atoms with Crippen LogP contribution in [-0.4, -0.2) is 58.3 Å². The lowest BCUT2D eigenvalue weighted by Crippen LogP contribution is -2.49. The number of nitrogens with two attached hydrogens (primary N) is 1. The van der Waals surface area contributed by atoms with Gasteiger partial charge in [0.05, 0.1) is 0 Å². The molecule has 2 unspecified atom stereocenters. The van der Waals surface area contributed by atoms with Crippen LogP contribution in [0.1, 0.15) is 12.8 Å². The van der Waals surface area contributed by atoms with Gasteiger partial charge in [-0.3, -0.25) is 19.2 Å². The summed E-state index contributed by atoms with van der Waals surface area (Å²) in [6.07, 6.45) is -0.190. The number of carboxylic acids is 2. The first-order chi connectivity index (χ1) is 9.77. The molecule has 11 heteroatoms. The normalized spacial score (nSPS) is 13.0. The van der Waals surface area contributed by atoms with E-state index < -0.39 is 42.4 Å². The highest BCUT2D eigenvalue weighted by atomic mass is 127. The third-order valence-electron chi connectivity index (χ3n) is 2.29. The summed E-state index contributed by atoms with van der Waals surface area (Å²) in [7, 11) is 1.27. The molecule has 9 nitrogen and oxygen atoms in total. The van der Waals surface area contributed by atoms with E-state index in [-0.39, 0.29) is 18.6 Å². The monoisotopic (exact) mass is 433 g/mol. The fourth-order valence-corrected chi connectivity index (χ4v) is 2.65. The molecule has 2 atom stereocenters. The average molecular weight is 433 g/mol. The van der Waals surface area contributed by atoms with Gasteiger partial charge < -0.3 is 26.6 Å². The Hall–Kier alpha value is -1.08. The second-order valence-electron chi connectivity index (χ2n) is 3.99. The van der Waals surface area contributed by atoms with Gasteiger partial charge in [0.1, 0.15) is 18.6 Å². The van der Waals surface area contributed by atoms with Crippen molar-refractivity contribution in [3.63, 3.8) is 0 Å². The lowest BCUT2D eigenvalue weighted by Gasteiger charge is -2.17. The molecule has 0 spiro atoms. The Kier molecular flexibility index (Phi) is 10.1. The minimum atomic E-state index is -1.21. The van der Waals surface area contributed by atoms with E-state index in [9.17, 15) is 19.2 Å². The molecule has 0 aromatic carbocycles. The lowest BCUT2D eigenvalue weighted by molar-refractivity contribution is -0.139. The maximum absolute atomic E-state index is 11.7. The maximum Gasteiger partial charge on any atom is 0.322 e. The molecule has 0 radical (unpaired) electrons. The molecule has 0 fully saturated rings. The zero-order valence-corrected chi connectivity index (χ0v) is 13.8. The molecule has 0 saturated heterocycles. The van der Waals surface area contributed by atoms with E-state index in [1.165, 1.54) is 8.93 Å². The van der Waals surface area contributed by atoms with Crippen molar-refractivity contribution < 1.29 is 29.4 Å². The number of hydrogen-bond donors (Lipinski definition) is 5. The first kappa shape index (κ1) is 19.9. The Bertz CT molecular complexity index is 408. The fraction of sp³-hybridized carbons (Fsp3) is 0.600. The Morgan fingerprint density at radius 1 is 1.24 bits per heavy atom. The summed E-state index contributed by atoms with van der Waals surface area (Å²) in [5.74, 6) is -3.28. The number of hydrogen-bond acceptors (Lipinski definition) is 6. The zero-order chi connectivity index (χ0) is 16.4. The molecule has 21 heavy (non-hydrogen) atoms. The van der Waals surface area contributed by atoms with Crippen LogP contribution in [0.4, 0.5) is 0 Å². The van der Waals surface area contributed by atoms with Crippen molar-refractivity contribution in [3.05, 3.63) is 0 Å². The van der Waals surface area contributed by atoms with Crippen LogP contribution >= 0.6 is 30.1 Å². The van der Waals surface area contributed by atoms with E-state index in [4.69, 9.17) is 15.9 Å². The van der Waals surface area contributed by atoms with Crippen LogP contribution in [-0.2, 0) is 19.2 Å². The van der Waals surface area contributed by atoms with Crippen molar-refractivity contribution in [3.8, 4) is 0 Å². The maximum atomic E-state index is 11.7. The number of carbonyl (C=O) groups is 4. The smallest absolute Gasteiger partial charge is 0.322 e. The van der Waals surface area contributed by atoms with Crippen molar-refractivity contribution in [1.29, 1.82) is 0 Å². The first-order valence-corrected chi connectivity index (χ1v) is 9.31.